The quantitative estimate of drug-likeness (QED) is 0.929. The molecule has 0 radical (unpaired) electrons. The average Bonchev–Trinajstić information content (AvgIpc) is 3.07. The highest BCUT2D eigenvalue weighted by Crippen LogP contribution is 2.29. The van der Waals surface area contributed by atoms with E-state index in [-0.39, 0.29) is 0 Å². The molecule has 0 spiro atoms. The molecule has 1 atom stereocenters. The van der Waals surface area contributed by atoms with E-state index in [1.54, 1.807) is 11.3 Å². The summed E-state index contributed by atoms with van der Waals surface area (Å²) < 4.78 is 2.21. The lowest BCUT2D eigenvalue weighted by molar-refractivity contribution is 0.559. The van der Waals surface area contributed by atoms with Crippen molar-refractivity contribution in [3.8, 4) is 0 Å². The minimum Gasteiger partial charge on any atom is -0.339 e. The van der Waals surface area contributed by atoms with Crippen LogP contribution in [0, 0.1) is 0 Å². The van der Waals surface area contributed by atoms with Gasteiger partial charge in [0.15, 0.2) is 5.13 Å². The normalized spacial score (nSPS) is 16.4. The van der Waals surface area contributed by atoms with Gasteiger partial charge in [0.2, 0.25) is 0 Å². The molecule has 2 aromatic heterocycles. The van der Waals surface area contributed by atoms with Crippen LogP contribution < -0.4 is 10.2 Å². The van der Waals surface area contributed by atoms with Gasteiger partial charge in [0.25, 0.3) is 0 Å². The predicted molar refractivity (Wildman–Crippen MR) is 77.5 cm³/mol. The summed E-state index contributed by atoms with van der Waals surface area (Å²) >= 11 is 1.78. The zero-order chi connectivity index (χ0) is 13.2. The Balaban J connectivity index is 1.74. The van der Waals surface area contributed by atoms with Gasteiger partial charge in [0.1, 0.15) is 5.82 Å². The van der Waals surface area contributed by atoms with Gasteiger partial charge in [0.05, 0.1) is 6.54 Å². The Morgan fingerprint density at radius 1 is 1.42 bits per heavy atom. The molecule has 2 aromatic rings. The van der Waals surface area contributed by atoms with Crippen LogP contribution in [0.1, 0.15) is 30.6 Å². The third-order valence-corrected chi connectivity index (χ3v) is 4.70. The van der Waals surface area contributed by atoms with Crippen molar-refractivity contribution in [3.05, 3.63) is 29.3 Å². The molecular weight excluding hydrogens is 258 g/mol. The predicted octanol–water partition coefficient (Wildman–Crippen LogP) is 2.03. The molecule has 0 aliphatic carbocycles. The Labute approximate surface area is 117 Å². The number of nitrogens with zero attached hydrogens (tertiary/aromatic N) is 4. The van der Waals surface area contributed by atoms with E-state index in [2.05, 4.69) is 38.6 Å². The number of thiazole rings is 1. The van der Waals surface area contributed by atoms with Crippen molar-refractivity contribution >= 4 is 16.5 Å². The van der Waals surface area contributed by atoms with Gasteiger partial charge >= 0.3 is 0 Å². The molecule has 19 heavy (non-hydrogen) atoms. The summed E-state index contributed by atoms with van der Waals surface area (Å²) in [4.78, 5) is 12.6. The van der Waals surface area contributed by atoms with Crippen molar-refractivity contribution < 1.29 is 0 Å². The summed E-state index contributed by atoms with van der Waals surface area (Å²) in [7, 11) is 0. The van der Waals surface area contributed by atoms with Crippen molar-refractivity contribution in [3.63, 3.8) is 0 Å². The Morgan fingerprint density at radius 3 is 3.16 bits per heavy atom. The van der Waals surface area contributed by atoms with Crippen molar-refractivity contribution in [2.75, 3.05) is 18.0 Å². The van der Waals surface area contributed by atoms with Crippen molar-refractivity contribution in [1.82, 2.24) is 19.9 Å². The van der Waals surface area contributed by atoms with Crippen molar-refractivity contribution in [2.45, 2.75) is 33.0 Å². The standard InChI is InChI=1S/C13H19N5S/c1-3-14-10(2)11-8-16-13(19-11)18-7-6-17-5-4-15-12(17)9-18/h4-5,8,10,14H,3,6-7,9H2,1-2H3. The maximum absolute atomic E-state index is 4.57. The Bertz CT molecular complexity index is 547. The average molecular weight is 277 g/mol. The molecule has 0 saturated heterocycles. The minimum absolute atomic E-state index is 0.378. The van der Waals surface area contributed by atoms with Gasteiger partial charge in [-0.1, -0.05) is 6.92 Å². The topological polar surface area (TPSA) is 46.0 Å². The smallest absolute Gasteiger partial charge is 0.186 e. The molecule has 0 saturated carbocycles. The third kappa shape index (κ3) is 2.50. The van der Waals surface area contributed by atoms with Crippen LogP contribution in [-0.4, -0.2) is 27.6 Å². The highest BCUT2D eigenvalue weighted by Gasteiger charge is 2.20. The number of hydrogen-bond donors (Lipinski definition) is 1. The first-order valence-electron chi connectivity index (χ1n) is 6.72. The second-order valence-corrected chi connectivity index (χ2v) is 5.82. The Morgan fingerprint density at radius 2 is 2.32 bits per heavy atom. The fourth-order valence-corrected chi connectivity index (χ4v) is 3.33. The molecule has 0 fully saturated rings. The van der Waals surface area contributed by atoms with Gasteiger partial charge in [0, 0.05) is 42.6 Å². The van der Waals surface area contributed by atoms with Gasteiger partial charge in [-0.2, -0.15) is 0 Å². The first kappa shape index (κ1) is 12.6. The van der Waals surface area contributed by atoms with Gasteiger partial charge in [-0.05, 0) is 13.5 Å². The molecule has 0 aromatic carbocycles. The van der Waals surface area contributed by atoms with E-state index in [4.69, 9.17) is 0 Å². The summed E-state index contributed by atoms with van der Waals surface area (Å²) in [6, 6.07) is 0.378. The van der Waals surface area contributed by atoms with Crippen LogP contribution in [0.5, 0.6) is 0 Å². The maximum Gasteiger partial charge on any atom is 0.186 e. The van der Waals surface area contributed by atoms with Crippen LogP contribution in [0.15, 0.2) is 18.6 Å². The summed E-state index contributed by atoms with van der Waals surface area (Å²) in [5, 5.41) is 4.53. The van der Waals surface area contributed by atoms with Gasteiger partial charge in [-0.15, -0.1) is 11.3 Å². The number of aromatic nitrogens is 3. The van der Waals surface area contributed by atoms with Crippen LogP contribution in [0.2, 0.25) is 0 Å². The molecule has 5 nitrogen and oxygen atoms in total. The Kier molecular flexibility index (Phi) is 3.52. The van der Waals surface area contributed by atoms with E-state index in [0.717, 1.165) is 37.1 Å². The molecule has 3 rings (SSSR count). The lowest BCUT2D eigenvalue weighted by atomic mass is 10.3. The van der Waals surface area contributed by atoms with Crippen LogP contribution in [0.25, 0.3) is 0 Å². The third-order valence-electron chi connectivity index (χ3n) is 3.46. The summed E-state index contributed by atoms with van der Waals surface area (Å²) in [6.07, 6.45) is 5.92. The second kappa shape index (κ2) is 5.30. The van der Waals surface area contributed by atoms with Crippen LogP contribution in [-0.2, 0) is 13.1 Å². The monoisotopic (exact) mass is 277 g/mol. The minimum atomic E-state index is 0.378. The summed E-state index contributed by atoms with van der Waals surface area (Å²) in [6.45, 7) is 8.15. The van der Waals surface area contributed by atoms with Gasteiger partial charge in [-0.25, -0.2) is 9.97 Å². The largest absolute Gasteiger partial charge is 0.339 e. The van der Waals surface area contributed by atoms with Crippen molar-refractivity contribution in [2.24, 2.45) is 0 Å². The molecule has 3 heterocycles. The lowest BCUT2D eigenvalue weighted by Gasteiger charge is -2.27. The Hall–Kier alpha value is -1.40. The van der Waals surface area contributed by atoms with E-state index in [1.807, 2.05) is 18.6 Å². The number of rotatable bonds is 4. The molecule has 102 valence electrons. The van der Waals surface area contributed by atoms with Crippen LogP contribution in [0.4, 0.5) is 5.13 Å². The molecular formula is C13H19N5S. The SMILES string of the molecule is CCNC(C)c1cnc(N2CCn3ccnc3C2)s1. The number of hydrogen-bond acceptors (Lipinski definition) is 5. The number of fused-ring (bicyclic) bond motifs is 1. The number of nitrogens with one attached hydrogen (secondary N) is 1. The fourth-order valence-electron chi connectivity index (χ4n) is 2.37. The van der Waals surface area contributed by atoms with Crippen LogP contribution in [0.3, 0.4) is 0 Å². The molecule has 0 amide bonds. The fraction of sp³-hybridized carbons (Fsp3) is 0.538. The molecule has 1 aliphatic rings. The molecule has 1 N–H and O–H groups in total. The van der Waals surface area contributed by atoms with Gasteiger partial charge < -0.3 is 14.8 Å². The zero-order valence-corrected chi connectivity index (χ0v) is 12.2. The van der Waals surface area contributed by atoms with Crippen LogP contribution >= 0.6 is 11.3 Å². The van der Waals surface area contributed by atoms with E-state index < -0.39 is 0 Å². The van der Waals surface area contributed by atoms with E-state index in [0.29, 0.717) is 6.04 Å². The van der Waals surface area contributed by atoms with E-state index in [1.165, 1.54) is 4.88 Å². The molecule has 1 unspecified atom stereocenters. The first-order chi connectivity index (χ1) is 9.28. The first-order valence-corrected chi connectivity index (χ1v) is 7.53. The zero-order valence-electron chi connectivity index (χ0n) is 11.3. The maximum atomic E-state index is 4.57. The van der Waals surface area contributed by atoms with E-state index in [9.17, 15) is 0 Å². The lowest BCUT2D eigenvalue weighted by Crippen LogP contribution is -2.33. The highest BCUT2D eigenvalue weighted by atomic mass is 32.1. The second-order valence-electron chi connectivity index (χ2n) is 4.78. The van der Waals surface area contributed by atoms with E-state index >= 15 is 0 Å². The molecule has 1 aliphatic heterocycles. The number of imidazole rings is 1. The van der Waals surface area contributed by atoms with Gasteiger partial charge in [-0.3, -0.25) is 0 Å². The number of anilines is 1. The molecule has 0 bridgehead atoms. The molecule has 6 heteroatoms. The highest BCUT2D eigenvalue weighted by molar-refractivity contribution is 7.15. The summed E-state index contributed by atoms with van der Waals surface area (Å²) in [5.74, 6) is 1.13. The van der Waals surface area contributed by atoms with Crippen molar-refractivity contribution in [1.29, 1.82) is 0 Å². The summed E-state index contributed by atoms with van der Waals surface area (Å²) in [5.41, 5.74) is 0.